The van der Waals surface area contributed by atoms with Crippen molar-refractivity contribution in [3.63, 3.8) is 0 Å². The van der Waals surface area contributed by atoms with E-state index >= 15 is 0 Å². The first-order valence-electron chi connectivity index (χ1n) is 10.2. The van der Waals surface area contributed by atoms with Gasteiger partial charge in [0.2, 0.25) is 0 Å². The van der Waals surface area contributed by atoms with Gasteiger partial charge in [0.1, 0.15) is 5.75 Å². The zero-order valence-corrected chi connectivity index (χ0v) is 17.7. The number of carbonyl (C=O) groups is 2. The first-order valence-corrected chi connectivity index (χ1v) is 10.2. The van der Waals surface area contributed by atoms with Crippen molar-refractivity contribution in [3.05, 3.63) is 83.2 Å². The van der Waals surface area contributed by atoms with Crippen molar-refractivity contribution in [2.45, 2.75) is 6.42 Å². The van der Waals surface area contributed by atoms with Crippen LogP contribution >= 0.6 is 0 Å². The number of nitrogens with one attached hydrogen (secondary N) is 1. The minimum Gasteiger partial charge on any atom is -0.507 e. The first kappa shape index (κ1) is 22.7. The highest BCUT2D eigenvalue weighted by molar-refractivity contribution is 5.94. The maximum absolute atomic E-state index is 12.6. The Labute approximate surface area is 187 Å². The summed E-state index contributed by atoms with van der Waals surface area (Å²) in [4.78, 5) is 31.8. The average Bonchev–Trinajstić information content (AvgIpc) is 2.81. The van der Waals surface area contributed by atoms with E-state index in [4.69, 9.17) is 6.57 Å². The molecule has 0 atom stereocenters. The molecule has 0 saturated carbocycles. The van der Waals surface area contributed by atoms with Crippen molar-refractivity contribution in [3.8, 4) is 5.75 Å². The van der Waals surface area contributed by atoms with Gasteiger partial charge in [-0.2, -0.15) is 5.10 Å². The van der Waals surface area contributed by atoms with E-state index in [-0.39, 0.29) is 24.1 Å². The summed E-state index contributed by atoms with van der Waals surface area (Å²) >= 11 is 0. The number of benzene rings is 2. The number of allylic oxidation sites excluding steroid dienone is 1. The van der Waals surface area contributed by atoms with Crippen molar-refractivity contribution < 1.29 is 14.7 Å². The van der Waals surface area contributed by atoms with Crippen LogP contribution in [0.3, 0.4) is 0 Å². The molecule has 0 aromatic heterocycles. The Kier molecular flexibility index (Phi) is 7.73. The third-order valence-electron chi connectivity index (χ3n) is 5.18. The summed E-state index contributed by atoms with van der Waals surface area (Å²) in [5.41, 5.74) is 4.79. The number of hydrogen-bond acceptors (Lipinski definition) is 5. The number of amides is 2. The van der Waals surface area contributed by atoms with E-state index in [1.165, 1.54) is 6.21 Å². The van der Waals surface area contributed by atoms with Crippen LogP contribution in [-0.4, -0.2) is 65.7 Å². The third-order valence-corrected chi connectivity index (χ3v) is 5.18. The second-order valence-electron chi connectivity index (χ2n) is 7.37. The summed E-state index contributed by atoms with van der Waals surface area (Å²) < 4.78 is 0. The third kappa shape index (κ3) is 5.80. The largest absolute Gasteiger partial charge is 0.507 e. The van der Waals surface area contributed by atoms with Crippen molar-refractivity contribution >= 4 is 23.7 Å². The summed E-state index contributed by atoms with van der Waals surface area (Å²) in [5, 5.41) is 14.2. The lowest BCUT2D eigenvalue weighted by atomic mass is 10.1. The number of aromatic hydroxyl groups is 1. The number of hydrogen-bond donors (Lipinski definition) is 2. The molecule has 1 saturated heterocycles. The Hall–Kier alpha value is -3.96. The molecule has 32 heavy (non-hydrogen) atoms. The quantitative estimate of drug-likeness (QED) is 0.305. The lowest BCUT2D eigenvalue weighted by molar-refractivity contribution is -0.122. The van der Waals surface area contributed by atoms with E-state index in [2.05, 4.69) is 22.0 Å². The number of nitrogens with zero attached hydrogens (tertiary/aromatic N) is 4. The van der Waals surface area contributed by atoms with Crippen LogP contribution < -0.4 is 5.43 Å². The summed E-state index contributed by atoms with van der Waals surface area (Å²) in [6, 6.07) is 11.9. The summed E-state index contributed by atoms with van der Waals surface area (Å²) in [6.45, 7) is 13.0. The zero-order chi connectivity index (χ0) is 22.9. The summed E-state index contributed by atoms with van der Waals surface area (Å²) in [7, 11) is 0. The minimum atomic E-state index is -0.266. The van der Waals surface area contributed by atoms with Crippen molar-refractivity contribution in [2.24, 2.45) is 5.10 Å². The Morgan fingerprint density at radius 2 is 1.88 bits per heavy atom. The van der Waals surface area contributed by atoms with Crippen LogP contribution in [0.4, 0.5) is 5.69 Å². The van der Waals surface area contributed by atoms with Crippen molar-refractivity contribution in [1.29, 1.82) is 0 Å². The molecule has 0 bridgehead atoms. The molecule has 2 amide bonds. The minimum absolute atomic E-state index is 0.0753. The first-order chi connectivity index (χ1) is 15.5. The van der Waals surface area contributed by atoms with Crippen LogP contribution in [-0.2, 0) is 11.2 Å². The van der Waals surface area contributed by atoms with Gasteiger partial charge in [-0.05, 0) is 18.1 Å². The van der Waals surface area contributed by atoms with E-state index in [9.17, 15) is 14.7 Å². The average molecular weight is 431 g/mol. The maximum Gasteiger partial charge on any atom is 0.254 e. The Balaban J connectivity index is 1.46. The second kappa shape index (κ2) is 10.9. The van der Waals surface area contributed by atoms with Gasteiger partial charge < -0.3 is 10.0 Å². The molecule has 164 valence electrons. The van der Waals surface area contributed by atoms with Gasteiger partial charge in [-0.25, -0.2) is 10.3 Å². The number of hydrazone groups is 1. The summed E-state index contributed by atoms with van der Waals surface area (Å²) in [6.07, 6.45) is 3.66. The molecule has 2 N–H and O–H groups in total. The lowest BCUT2D eigenvalue weighted by Crippen LogP contribution is -2.50. The van der Waals surface area contributed by atoms with E-state index in [1.807, 2.05) is 11.0 Å². The van der Waals surface area contributed by atoms with Gasteiger partial charge in [-0.3, -0.25) is 14.5 Å². The van der Waals surface area contributed by atoms with Crippen LogP contribution in [0, 0.1) is 6.57 Å². The Morgan fingerprint density at radius 1 is 1.16 bits per heavy atom. The van der Waals surface area contributed by atoms with Crippen LogP contribution in [0.25, 0.3) is 4.85 Å². The van der Waals surface area contributed by atoms with E-state index in [0.29, 0.717) is 49.4 Å². The smallest absolute Gasteiger partial charge is 0.254 e. The van der Waals surface area contributed by atoms with Gasteiger partial charge >= 0.3 is 0 Å². The van der Waals surface area contributed by atoms with Crippen LogP contribution in [0.2, 0.25) is 0 Å². The normalized spacial score (nSPS) is 14.2. The second-order valence-corrected chi connectivity index (χ2v) is 7.37. The maximum atomic E-state index is 12.6. The fraction of sp³-hybridized carbons (Fsp3) is 0.250. The molecule has 0 spiro atoms. The van der Waals surface area contributed by atoms with Gasteiger partial charge in [0.05, 0.1) is 19.3 Å². The van der Waals surface area contributed by atoms with E-state index < -0.39 is 0 Å². The molecule has 2 aromatic rings. The van der Waals surface area contributed by atoms with Crippen molar-refractivity contribution in [2.75, 3.05) is 32.7 Å². The topological polar surface area (TPSA) is 89.6 Å². The van der Waals surface area contributed by atoms with Gasteiger partial charge in [0.25, 0.3) is 11.8 Å². The summed E-state index contributed by atoms with van der Waals surface area (Å²) in [5.74, 6) is -0.221. The van der Waals surface area contributed by atoms with Gasteiger partial charge in [0, 0.05) is 37.3 Å². The molecule has 8 nitrogen and oxygen atoms in total. The van der Waals surface area contributed by atoms with Crippen molar-refractivity contribution in [1.82, 2.24) is 15.2 Å². The molecule has 2 aromatic carbocycles. The van der Waals surface area contributed by atoms with E-state index in [0.717, 1.165) is 5.56 Å². The highest BCUT2D eigenvalue weighted by Crippen LogP contribution is 2.21. The fourth-order valence-electron chi connectivity index (χ4n) is 3.42. The molecule has 3 rings (SSSR count). The molecule has 0 radical (unpaired) electrons. The SMILES string of the molecule is [C-]#[N+]c1ccc(C(=O)N2CCN(CC(=O)N/N=C\c3cccc(CC=C)c3O)CC2)cc1. The number of piperazine rings is 1. The monoisotopic (exact) mass is 431 g/mol. The molecule has 1 aliphatic heterocycles. The van der Waals surface area contributed by atoms with E-state index in [1.54, 1.807) is 47.4 Å². The Morgan fingerprint density at radius 3 is 2.53 bits per heavy atom. The number of rotatable bonds is 7. The predicted molar refractivity (Wildman–Crippen MR) is 123 cm³/mol. The van der Waals surface area contributed by atoms with Gasteiger partial charge in [0.15, 0.2) is 5.69 Å². The predicted octanol–water partition coefficient (Wildman–Crippen LogP) is 2.58. The zero-order valence-electron chi connectivity index (χ0n) is 17.7. The molecule has 1 fully saturated rings. The molecule has 1 heterocycles. The standard InChI is InChI=1S/C24H25N5O3/c1-3-5-18-6-4-7-20(23(18)31)16-26-27-22(30)17-28-12-14-29(15-13-28)24(32)19-8-10-21(25-2)11-9-19/h3-4,6-11,16,31H,1,5,12-15,17H2,(H,27,30)/b26-16-. The number of phenols is 1. The molecular weight excluding hydrogens is 406 g/mol. The number of carbonyl (C=O) groups excluding carboxylic acids is 2. The molecule has 1 aliphatic rings. The molecular formula is C24H25N5O3. The van der Waals surface area contributed by atoms with Gasteiger partial charge in [-0.1, -0.05) is 42.5 Å². The molecule has 8 heteroatoms. The van der Waals surface area contributed by atoms with Gasteiger partial charge in [-0.15, -0.1) is 6.58 Å². The highest BCUT2D eigenvalue weighted by atomic mass is 16.3. The van der Waals surface area contributed by atoms with Crippen LogP contribution in [0.15, 0.2) is 60.2 Å². The highest BCUT2D eigenvalue weighted by Gasteiger charge is 2.23. The fourth-order valence-corrected chi connectivity index (χ4v) is 3.42. The van der Waals surface area contributed by atoms with Crippen LogP contribution in [0.5, 0.6) is 5.75 Å². The molecule has 0 unspecified atom stereocenters. The Bertz CT molecular complexity index is 1050. The van der Waals surface area contributed by atoms with Crippen LogP contribution in [0.1, 0.15) is 21.5 Å². The number of para-hydroxylation sites is 1. The number of phenolic OH excluding ortho intramolecular Hbond substituents is 1. The lowest BCUT2D eigenvalue weighted by Gasteiger charge is -2.34. The molecule has 0 aliphatic carbocycles.